The third-order valence-corrected chi connectivity index (χ3v) is 4.73. The minimum absolute atomic E-state index is 0.334. The van der Waals surface area contributed by atoms with Crippen LogP contribution in [0.25, 0.3) is 0 Å². The Morgan fingerprint density at radius 2 is 2.05 bits per heavy atom. The van der Waals surface area contributed by atoms with E-state index in [1.807, 2.05) is 30.3 Å². The van der Waals surface area contributed by atoms with Crippen LogP contribution in [0.3, 0.4) is 0 Å². The molecule has 0 aliphatic carbocycles. The molecule has 1 unspecified atom stereocenters. The van der Waals surface area contributed by atoms with Crippen LogP contribution in [-0.4, -0.2) is 4.21 Å². The lowest BCUT2D eigenvalue weighted by Gasteiger charge is -2.05. The molecule has 0 aliphatic rings. The average Bonchev–Trinajstić information content (AvgIpc) is 2.41. The second kappa shape index (κ2) is 6.33. The van der Waals surface area contributed by atoms with Crippen LogP contribution in [0.1, 0.15) is 11.1 Å². The molecule has 0 saturated carbocycles. The van der Waals surface area contributed by atoms with Crippen molar-refractivity contribution in [2.45, 2.75) is 10.6 Å². The fourth-order valence-corrected chi connectivity index (χ4v) is 3.63. The van der Waals surface area contributed by atoms with Crippen molar-refractivity contribution in [2.24, 2.45) is 0 Å². The van der Waals surface area contributed by atoms with Gasteiger partial charge >= 0.3 is 0 Å². The van der Waals surface area contributed by atoms with Crippen LogP contribution >= 0.6 is 27.5 Å². The molecule has 0 saturated heterocycles. The van der Waals surface area contributed by atoms with E-state index in [-0.39, 0.29) is 0 Å². The summed E-state index contributed by atoms with van der Waals surface area (Å²) in [6, 6.07) is 14.4. The molecule has 0 heterocycles. The predicted octanol–water partition coefficient (Wildman–Crippen LogP) is 4.28. The predicted molar refractivity (Wildman–Crippen MR) is 80.4 cm³/mol. The van der Waals surface area contributed by atoms with Crippen LogP contribution < -0.4 is 0 Å². The van der Waals surface area contributed by atoms with Gasteiger partial charge in [-0.1, -0.05) is 39.7 Å². The molecule has 0 aromatic heterocycles. The molecule has 5 heteroatoms. The molecule has 2 nitrogen and oxygen atoms in total. The molecule has 19 heavy (non-hydrogen) atoms. The van der Waals surface area contributed by atoms with Crippen LogP contribution in [0.5, 0.6) is 0 Å². The Balaban J connectivity index is 2.22. The first kappa shape index (κ1) is 14.3. The standard InChI is InChI=1S/C14H9BrClNOS/c15-12-2-1-3-13(7-12)19(18)9-11-5-4-10(8-17)6-14(11)16/h1-7H,9H2. The molecule has 2 aromatic rings. The van der Waals surface area contributed by atoms with Crippen molar-refractivity contribution in [3.8, 4) is 6.07 Å². The summed E-state index contributed by atoms with van der Waals surface area (Å²) in [6.07, 6.45) is 0. The van der Waals surface area contributed by atoms with Gasteiger partial charge in [-0.2, -0.15) is 5.26 Å². The molecule has 0 N–H and O–H groups in total. The summed E-state index contributed by atoms with van der Waals surface area (Å²) in [7, 11) is -1.16. The van der Waals surface area contributed by atoms with Crippen molar-refractivity contribution in [2.75, 3.05) is 0 Å². The van der Waals surface area contributed by atoms with Gasteiger partial charge in [0, 0.05) is 14.4 Å². The minimum atomic E-state index is -1.16. The van der Waals surface area contributed by atoms with Gasteiger partial charge in [0.25, 0.3) is 0 Å². The van der Waals surface area contributed by atoms with Gasteiger partial charge in [0.2, 0.25) is 0 Å². The monoisotopic (exact) mass is 353 g/mol. The Morgan fingerprint density at radius 3 is 2.68 bits per heavy atom. The fourth-order valence-electron chi connectivity index (χ4n) is 1.57. The van der Waals surface area contributed by atoms with Crippen LogP contribution in [0.15, 0.2) is 51.8 Å². The number of halogens is 2. The highest BCUT2D eigenvalue weighted by Gasteiger charge is 2.09. The molecule has 1 atom stereocenters. The van der Waals surface area contributed by atoms with Crippen LogP contribution in [0.4, 0.5) is 0 Å². The molecule has 0 aliphatic heterocycles. The van der Waals surface area contributed by atoms with E-state index in [1.165, 1.54) is 0 Å². The summed E-state index contributed by atoms with van der Waals surface area (Å²) < 4.78 is 13.1. The number of nitriles is 1. The summed E-state index contributed by atoms with van der Waals surface area (Å²) >= 11 is 9.43. The third kappa shape index (κ3) is 3.66. The van der Waals surface area contributed by atoms with Crippen molar-refractivity contribution in [3.63, 3.8) is 0 Å². The second-order valence-electron chi connectivity index (χ2n) is 3.87. The topological polar surface area (TPSA) is 40.9 Å². The molecule has 0 spiro atoms. The summed E-state index contributed by atoms with van der Waals surface area (Å²) in [5.74, 6) is 0.334. The zero-order valence-electron chi connectivity index (χ0n) is 9.77. The van der Waals surface area contributed by atoms with E-state index in [2.05, 4.69) is 15.9 Å². The molecule has 0 radical (unpaired) electrons. The summed E-state index contributed by atoms with van der Waals surface area (Å²) in [4.78, 5) is 0.745. The van der Waals surface area contributed by atoms with Crippen molar-refractivity contribution < 1.29 is 4.21 Å². The first-order chi connectivity index (χ1) is 9.10. The Hall–Kier alpha value is -1.15. The zero-order chi connectivity index (χ0) is 13.8. The smallest absolute Gasteiger partial charge is 0.0992 e. The summed E-state index contributed by atoms with van der Waals surface area (Å²) in [5.41, 5.74) is 1.28. The van der Waals surface area contributed by atoms with E-state index < -0.39 is 10.8 Å². The number of hydrogen-bond donors (Lipinski definition) is 0. The molecular weight excluding hydrogens is 346 g/mol. The SMILES string of the molecule is N#Cc1ccc(CS(=O)c2cccc(Br)c2)c(Cl)c1. The van der Waals surface area contributed by atoms with E-state index in [0.29, 0.717) is 16.3 Å². The van der Waals surface area contributed by atoms with Crippen LogP contribution in [-0.2, 0) is 16.6 Å². The zero-order valence-corrected chi connectivity index (χ0v) is 12.9. The normalized spacial score (nSPS) is 11.8. The Bertz CT molecular complexity index is 681. The Labute approximate surface area is 127 Å². The van der Waals surface area contributed by atoms with Crippen molar-refractivity contribution in [3.05, 3.63) is 63.1 Å². The van der Waals surface area contributed by atoms with E-state index in [1.54, 1.807) is 18.2 Å². The lowest BCUT2D eigenvalue weighted by Crippen LogP contribution is -1.97. The van der Waals surface area contributed by atoms with Crippen LogP contribution in [0, 0.1) is 11.3 Å². The van der Waals surface area contributed by atoms with E-state index in [0.717, 1.165) is 14.9 Å². The van der Waals surface area contributed by atoms with Crippen molar-refractivity contribution in [1.29, 1.82) is 5.26 Å². The van der Waals surface area contributed by atoms with Crippen molar-refractivity contribution in [1.82, 2.24) is 0 Å². The molecule has 0 bridgehead atoms. The van der Waals surface area contributed by atoms with Crippen LogP contribution in [0.2, 0.25) is 5.02 Å². The molecule has 2 aromatic carbocycles. The first-order valence-electron chi connectivity index (χ1n) is 5.42. The van der Waals surface area contributed by atoms with Gasteiger partial charge in [-0.25, -0.2) is 0 Å². The minimum Gasteiger partial charge on any atom is -0.254 e. The number of hydrogen-bond acceptors (Lipinski definition) is 2. The molecule has 96 valence electrons. The van der Waals surface area contributed by atoms with E-state index >= 15 is 0 Å². The number of rotatable bonds is 3. The maximum Gasteiger partial charge on any atom is 0.0992 e. The highest BCUT2D eigenvalue weighted by Crippen LogP contribution is 2.22. The highest BCUT2D eigenvalue weighted by molar-refractivity contribution is 9.10. The van der Waals surface area contributed by atoms with E-state index in [4.69, 9.17) is 16.9 Å². The van der Waals surface area contributed by atoms with Gasteiger partial charge < -0.3 is 0 Å². The summed E-state index contributed by atoms with van der Waals surface area (Å²) in [5, 5.41) is 9.24. The maximum atomic E-state index is 12.2. The molecule has 0 amide bonds. The Morgan fingerprint density at radius 1 is 1.26 bits per heavy atom. The molecule has 0 fully saturated rings. The lowest BCUT2D eigenvalue weighted by molar-refractivity contribution is 0.682. The summed E-state index contributed by atoms with van der Waals surface area (Å²) in [6.45, 7) is 0. The van der Waals surface area contributed by atoms with Gasteiger partial charge in [-0.3, -0.25) is 4.21 Å². The van der Waals surface area contributed by atoms with Gasteiger partial charge in [0.05, 0.1) is 28.2 Å². The average molecular weight is 355 g/mol. The maximum absolute atomic E-state index is 12.2. The van der Waals surface area contributed by atoms with E-state index in [9.17, 15) is 4.21 Å². The second-order valence-corrected chi connectivity index (χ2v) is 6.64. The first-order valence-corrected chi connectivity index (χ1v) is 7.91. The van der Waals surface area contributed by atoms with Gasteiger partial charge in [0.1, 0.15) is 0 Å². The molecule has 2 rings (SSSR count). The lowest BCUT2D eigenvalue weighted by atomic mass is 10.2. The fraction of sp³-hybridized carbons (Fsp3) is 0.0714. The number of nitrogens with zero attached hydrogens (tertiary/aromatic N) is 1. The van der Waals surface area contributed by atoms with Gasteiger partial charge in [-0.15, -0.1) is 0 Å². The quantitative estimate of drug-likeness (QED) is 0.825. The van der Waals surface area contributed by atoms with Crippen molar-refractivity contribution >= 4 is 38.3 Å². The molecular formula is C14H9BrClNOS. The highest BCUT2D eigenvalue weighted by atomic mass is 79.9. The van der Waals surface area contributed by atoms with Gasteiger partial charge in [0.15, 0.2) is 0 Å². The largest absolute Gasteiger partial charge is 0.254 e. The van der Waals surface area contributed by atoms with Gasteiger partial charge in [-0.05, 0) is 35.9 Å². The third-order valence-electron chi connectivity index (χ3n) is 2.53. The Kier molecular flexibility index (Phi) is 4.76. The number of benzene rings is 2.